The molecule has 1 aliphatic carbocycles. The van der Waals surface area contributed by atoms with E-state index in [2.05, 4.69) is 6.92 Å². The van der Waals surface area contributed by atoms with E-state index in [1.54, 1.807) is 0 Å². The van der Waals surface area contributed by atoms with Gasteiger partial charge in [0, 0.05) is 17.6 Å². The van der Waals surface area contributed by atoms with Crippen LogP contribution in [0.5, 0.6) is 0 Å². The summed E-state index contributed by atoms with van der Waals surface area (Å²) in [5, 5.41) is 9.70. The van der Waals surface area contributed by atoms with Gasteiger partial charge >= 0.3 is 5.97 Å². The predicted molar refractivity (Wildman–Crippen MR) is 71.8 cm³/mol. The number of hydrogen-bond donors (Lipinski definition) is 1. The molecule has 1 aromatic rings. The first-order chi connectivity index (χ1) is 8.56. The van der Waals surface area contributed by atoms with Crippen molar-refractivity contribution in [2.75, 3.05) is 13.1 Å². The third kappa shape index (κ3) is 3.72. The van der Waals surface area contributed by atoms with E-state index in [1.165, 1.54) is 12.8 Å². The van der Waals surface area contributed by atoms with Crippen LogP contribution >= 0.6 is 11.6 Å². The van der Waals surface area contributed by atoms with Gasteiger partial charge in [-0.1, -0.05) is 23.7 Å². The van der Waals surface area contributed by atoms with E-state index < -0.39 is 5.97 Å². The number of benzene rings is 1. The van der Waals surface area contributed by atoms with Gasteiger partial charge in [0.15, 0.2) is 0 Å². The molecule has 0 aromatic heterocycles. The Morgan fingerprint density at radius 3 is 2.56 bits per heavy atom. The predicted octanol–water partition coefficient (Wildman–Crippen LogP) is 3.20. The van der Waals surface area contributed by atoms with Crippen LogP contribution in [-0.4, -0.2) is 29.1 Å². The Labute approximate surface area is 112 Å². The van der Waals surface area contributed by atoms with E-state index in [0.717, 1.165) is 12.1 Å². The van der Waals surface area contributed by atoms with Gasteiger partial charge in [-0.15, -0.1) is 0 Å². The Morgan fingerprint density at radius 1 is 1.44 bits per heavy atom. The highest BCUT2D eigenvalue weighted by Crippen LogP contribution is 2.32. The molecule has 3 nitrogen and oxygen atoms in total. The number of carboxylic acids is 1. The van der Waals surface area contributed by atoms with Crippen molar-refractivity contribution in [3.05, 3.63) is 34.9 Å². The highest BCUT2D eigenvalue weighted by molar-refractivity contribution is 6.30. The third-order valence-electron chi connectivity index (χ3n) is 3.43. The average Bonchev–Trinajstić information content (AvgIpc) is 3.12. The molecule has 1 unspecified atom stereocenters. The lowest BCUT2D eigenvalue weighted by Crippen LogP contribution is -2.34. The van der Waals surface area contributed by atoms with Crippen LogP contribution in [0, 0.1) is 5.92 Å². The van der Waals surface area contributed by atoms with Gasteiger partial charge in [-0.25, -0.2) is 0 Å². The zero-order valence-electron chi connectivity index (χ0n) is 10.5. The topological polar surface area (TPSA) is 40.5 Å². The van der Waals surface area contributed by atoms with Gasteiger partial charge in [0.1, 0.15) is 0 Å². The van der Waals surface area contributed by atoms with E-state index >= 15 is 0 Å². The number of hydrogen-bond acceptors (Lipinski definition) is 2. The standard InChI is InChI=1S/C14H18ClNO2/c1-10(12-4-6-13(15)7-5-12)16(9-14(17)18)8-11-2-3-11/h4-7,10-11H,2-3,8-9H2,1H3,(H,17,18). The summed E-state index contributed by atoms with van der Waals surface area (Å²) in [4.78, 5) is 13.0. The van der Waals surface area contributed by atoms with Crippen molar-refractivity contribution < 1.29 is 9.90 Å². The fourth-order valence-electron chi connectivity index (χ4n) is 2.12. The number of nitrogens with zero attached hydrogens (tertiary/aromatic N) is 1. The Kier molecular flexibility index (Phi) is 4.25. The van der Waals surface area contributed by atoms with Crippen molar-refractivity contribution in [1.29, 1.82) is 0 Å². The monoisotopic (exact) mass is 267 g/mol. The second-order valence-electron chi connectivity index (χ2n) is 4.99. The summed E-state index contributed by atoms with van der Waals surface area (Å²) < 4.78 is 0. The van der Waals surface area contributed by atoms with Crippen LogP contribution in [-0.2, 0) is 4.79 Å². The number of carboxylic acid groups (broad SMARTS) is 1. The second-order valence-corrected chi connectivity index (χ2v) is 5.43. The van der Waals surface area contributed by atoms with Crippen molar-refractivity contribution in [3.8, 4) is 0 Å². The maximum Gasteiger partial charge on any atom is 0.317 e. The summed E-state index contributed by atoms with van der Waals surface area (Å²) in [7, 11) is 0. The quantitative estimate of drug-likeness (QED) is 0.860. The summed E-state index contributed by atoms with van der Waals surface area (Å²) in [6.45, 7) is 3.02. The maximum atomic E-state index is 10.9. The fourth-order valence-corrected chi connectivity index (χ4v) is 2.24. The van der Waals surface area contributed by atoms with Crippen LogP contribution < -0.4 is 0 Å². The number of halogens is 1. The summed E-state index contributed by atoms with van der Waals surface area (Å²) in [5.74, 6) is -0.0874. The Bertz CT molecular complexity index is 414. The van der Waals surface area contributed by atoms with Crippen molar-refractivity contribution in [2.45, 2.75) is 25.8 Å². The van der Waals surface area contributed by atoms with E-state index in [0.29, 0.717) is 10.9 Å². The molecule has 1 aromatic carbocycles. The molecule has 1 N–H and O–H groups in total. The first-order valence-corrected chi connectivity index (χ1v) is 6.65. The zero-order chi connectivity index (χ0) is 13.1. The molecule has 0 heterocycles. The third-order valence-corrected chi connectivity index (χ3v) is 3.68. The minimum absolute atomic E-state index is 0.0975. The van der Waals surface area contributed by atoms with Crippen LogP contribution in [0.3, 0.4) is 0 Å². The largest absolute Gasteiger partial charge is 0.480 e. The van der Waals surface area contributed by atoms with E-state index in [4.69, 9.17) is 16.7 Å². The molecule has 98 valence electrons. The molecule has 0 spiro atoms. The van der Waals surface area contributed by atoms with Crippen LogP contribution in [0.4, 0.5) is 0 Å². The molecule has 2 rings (SSSR count). The van der Waals surface area contributed by atoms with Gasteiger partial charge in [0.25, 0.3) is 0 Å². The normalized spacial score (nSPS) is 16.8. The molecule has 4 heteroatoms. The maximum absolute atomic E-state index is 10.9. The molecule has 1 aliphatic rings. The lowest BCUT2D eigenvalue weighted by Gasteiger charge is -2.28. The molecule has 0 aliphatic heterocycles. The van der Waals surface area contributed by atoms with Crippen molar-refractivity contribution in [1.82, 2.24) is 4.90 Å². The van der Waals surface area contributed by atoms with Gasteiger partial charge < -0.3 is 5.11 Å². The lowest BCUT2D eigenvalue weighted by molar-refractivity contribution is -0.139. The molecule has 18 heavy (non-hydrogen) atoms. The van der Waals surface area contributed by atoms with E-state index in [9.17, 15) is 4.79 Å². The Hall–Kier alpha value is -1.06. The van der Waals surface area contributed by atoms with E-state index in [1.807, 2.05) is 29.2 Å². The van der Waals surface area contributed by atoms with Gasteiger partial charge in [0.05, 0.1) is 6.54 Å². The van der Waals surface area contributed by atoms with E-state index in [-0.39, 0.29) is 12.6 Å². The molecular formula is C14H18ClNO2. The first kappa shape index (κ1) is 13.4. The molecule has 0 saturated heterocycles. The fraction of sp³-hybridized carbons (Fsp3) is 0.500. The van der Waals surface area contributed by atoms with Crippen molar-refractivity contribution in [3.63, 3.8) is 0 Å². The van der Waals surface area contributed by atoms with Crippen LogP contribution in [0.2, 0.25) is 5.02 Å². The smallest absolute Gasteiger partial charge is 0.317 e. The number of rotatable bonds is 6. The highest BCUT2D eigenvalue weighted by Gasteiger charge is 2.28. The zero-order valence-corrected chi connectivity index (χ0v) is 11.2. The number of aliphatic carboxylic acids is 1. The van der Waals surface area contributed by atoms with Crippen molar-refractivity contribution >= 4 is 17.6 Å². The van der Waals surface area contributed by atoms with Gasteiger partial charge in [0.2, 0.25) is 0 Å². The molecule has 0 bridgehead atoms. The summed E-state index contributed by atoms with van der Waals surface area (Å²) in [6.07, 6.45) is 2.45. The van der Waals surface area contributed by atoms with Crippen LogP contribution in [0.25, 0.3) is 0 Å². The summed E-state index contributed by atoms with van der Waals surface area (Å²) in [5.41, 5.74) is 1.11. The summed E-state index contributed by atoms with van der Waals surface area (Å²) >= 11 is 5.87. The number of carbonyl (C=O) groups is 1. The van der Waals surface area contributed by atoms with Crippen LogP contribution in [0.15, 0.2) is 24.3 Å². The molecule has 1 fully saturated rings. The van der Waals surface area contributed by atoms with Crippen LogP contribution in [0.1, 0.15) is 31.4 Å². The molecule has 1 atom stereocenters. The molecule has 0 radical (unpaired) electrons. The molecule has 1 saturated carbocycles. The minimum Gasteiger partial charge on any atom is -0.480 e. The van der Waals surface area contributed by atoms with Gasteiger partial charge in [-0.3, -0.25) is 9.69 Å². The highest BCUT2D eigenvalue weighted by atomic mass is 35.5. The summed E-state index contributed by atoms with van der Waals surface area (Å²) in [6, 6.07) is 7.75. The Morgan fingerprint density at radius 2 is 2.06 bits per heavy atom. The lowest BCUT2D eigenvalue weighted by atomic mass is 10.1. The first-order valence-electron chi connectivity index (χ1n) is 6.27. The van der Waals surface area contributed by atoms with Gasteiger partial charge in [-0.05, 0) is 43.4 Å². The Balaban J connectivity index is 2.07. The van der Waals surface area contributed by atoms with Crippen molar-refractivity contribution in [2.24, 2.45) is 5.92 Å². The van der Waals surface area contributed by atoms with Gasteiger partial charge in [-0.2, -0.15) is 0 Å². The SMILES string of the molecule is CC(c1ccc(Cl)cc1)N(CC(=O)O)CC1CC1. The average molecular weight is 268 g/mol. The minimum atomic E-state index is -0.767. The molecular weight excluding hydrogens is 250 g/mol. The second kappa shape index (κ2) is 5.72. The molecule has 0 amide bonds.